The Hall–Kier alpha value is 0.860. The third-order valence-electron chi connectivity index (χ3n) is 1.12. The SMILES string of the molecule is CCCCP.CCCCP. The maximum absolute atomic E-state index is 2.70. The van der Waals surface area contributed by atoms with Crippen LogP contribution in [0.4, 0.5) is 0 Å². The quantitative estimate of drug-likeness (QED) is 0.582. The van der Waals surface area contributed by atoms with Gasteiger partial charge in [0.05, 0.1) is 0 Å². The largest absolute Gasteiger partial charge is 0.138 e. The number of hydrogen-bond acceptors (Lipinski definition) is 0. The highest BCUT2D eigenvalue weighted by atomic mass is 31.0. The first-order chi connectivity index (χ1) is 4.83. The van der Waals surface area contributed by atoms with E-state index in [-0.39, 0.29) is 0 Å². The summed E-state index contributed by atoms with van der Waals surface area (Å²) in [6.07, 6.45) is 7.87. The van der Waals surface area contributed by atoms with Crippen LogP contribution in [0.2, 0.25) is 0 Å². The van der Waals surface area contributed by atoms with E-state index in [4.69, 9.17) is 0 Å². The second-order valence-corrected chi connectivity index (χ2v) is 3.44. The summed E-state index contributed by atoms with van der Waals surface area (Å²) in [6.45, 7) is 4.40. The van der Waals surface area contributed by atoms with E-state index in [1.165, 1.54) is 38.0 Å². The molecule has 0 saturated heterocycles. The monoisotopic (exact) mass is 180 g/mol. The standard InChI is InChI=1S/2C4H11P/c2*1-2-3-4-5/h2*2-5H2,1H3. The van der Waals surface area contributed by atoms with Gasteiger partial charge in [0.25, 0.3) is 0 Å². The summed E-state index contributed by atoms with van der Waals surface area (Å²) in [5.41, 5.74) is 0. The van der Waals surface area contributed by atoms with Crippen LogP contribution >= 0.6 is 18.5 Å². The fourth-order valence-corrected chi connectivity index (χ4v) is 1.22. The lowest BCUT2D eigenvalue weighted by Crippen LogP contribution is -1.64. The molecule has 0 aromatic rings. The van der Waals surface area contributed by atoms with E-state index in [0.717, 1.165) is 0 Å². The average Bonchev–Trinajstić information content (AvgIpc) is 1.93. The lowest BCUT2D eigenvalue weighted by Gasteiger charge is -1.79. The molecule has 0 aromatic carbocycles. The van der Waals surface area contributed by atoms with Gasteiger partial charge in [0, 0.05) is 0 Å². The molecule has 0 saturated carbocycles. The summed E-state index contributed by atoms with van der Waals surface area (Å²) >= 11 is 0. The summed E-state index contributed by atoms with van der Waals surface area (Å²) < 4.78 is 0. The highest BCUT2D eigenvalue weighted by Crippen LogP contribution is 1.90. The maximum atomic E-state index is 2.70. The van der Waals surface area contributed by atoms with E-state index < -0.39 is 0 Å². The summed E-state index contributed by atoms with van der Waals surface area (Å²) in [5.74, 6) is 0. The molecule has 2 unspecified atom stereocenters. The van der Waals surface area contributed by atoms with Gasteiger partial charge in [-0.1, -0.05) is 39.5 Å². The smallest absolute Gasteiger partial charge is 0.0381 e. The minimum absolute atomic E-state index is 1.26. The van der Waals surface area contributed by atoms with Crippen LogP contribution in [0.25, 0.3) is 0 Å². The lowest BCUT2D eigenvalue weighted by atomic mass is 10.4. The first-order valence-corrected chi connectivity index (χ1v) is 5.86. The summed E-state index contributed by atoms with van der Waals surface area (Å²) in [4.78, 5) is 0. The Bertz CT molecular complexity index is 28.2. The van der Waals surface area contributed by atoms with Crippen LogP contribution in [-0.4, -0.2) is 12.3 Å². The average molecular weight is 180 g/mol. The van der Waals surface area contributed by atoms with Gasteiger partial charge < -0.3 is 0 Å². The third-order valence-corrected chi connectivity index (χ3v) is 1.93. The maximum Gasteiger partial charge on any atom is -0.0381 e. The van der Waals surface area contributed by atoms with Gasteiger partial charge in [-0.25, -0.2) is 0 Å². The van der Waals surface area contributed by atoms with Crippen molar-refractivity contribution >= 4 is 18.5 Å². The third kappa shape index (κ3) is 23.2. The zero-order valence-electron chi connectivity index (χ0n) is 7.40. The molecule has 0 nitrogen and oxygen atoms in total. The van der Waals surface area contributed by atoms with Gasteiger partial charge >= 0.3 is 0 Å². The first-order valence-electron chi connectivity index (χ1n) is 4.23. The van der Waals surface area contributed by atoms with E-state index in [1.54, 1.807) is 0 Å². The fourth-order valence-electron chi connectivity index (χ4n) is 0.408. The summed E-state index contributed by atoms with van der Waals surface area (Å²) in [7, 11) is 5.40. The Labute approximate surface area is 71.0 Å². The van der Waals surface area contributed by atoms with E-state index in [9.17, 15) is 0 Å². The van der Waals surface area contributed by atoms with Gasteiger partial charge in [-0.2, -0.15) is 0 Å². The van der Waals surface area contributed by atoms with Crippen molar-refractivity contribution in [2.24, 2.45) is 0 Å². The van der Waals surface area contributed by atoms with Crippen LogP contribution in [0.5, 0.6) is 0 Å². The van der Waals surface area contributed by atoms with Gasteiger partial charge in [0.2, 0.25) is 0 Å². The molecule has 0 aliphatic heterocycles. The molecule has 0 bridgehead atoms. The van der Waals surface area contributed by atoms with Crippen molar-refractivity contribution in [2.75, 3.05) is 12.3 Å². The molecule has 0 heterocycles. The fraction of sp³-hybridized carbons (Fsp3) is 1.00. The zero-order chi connectivity index (χ0) is 8.24. The minimum atomic E-state index is 1.26. The predicted octanol–water partition coefficient (Wildman–Crippen LogP) is 3.32. The van der Waals surface area contributed by atoms with E-state index in [1.807, 2.05) is 0 Å². The number of hydrogen-bond donors (Lipinski definition) is 0. The van der Waals surface area contributed by atoms with Crippen LogP contribution in [0.1, 0.15) is 39.5 Å². The molecule has 0 spiro atoms. The van der Waals surface area contributed by atoms with Crippen molar-refractivity contribution in [2.45, 2.75) is 39.5 Å². The van der Waals surface area contributed by atoms with Gasteiger partial charge in [0.15, 0.2) is 0 Å². The highest BCUT2D eigenvalue weighted by Gasteiger charge is 1.68. The van der Waals surface area contributed by atoms with Crippen LogP contribution in [0.15, 0.2) is 0 Å². The second kappa shape index (κ2) is 16.4. The molecule has 2 atom stereocenters. The molecule has 10 heavy (non-hydrogen) atoms. The van der Waals surface area contributed by atoms with Gasteiger partial charge in [-0.3, -0.25) is 0 Å². The molecule has 0 aliphatic rings. The van der Waals surface area contributed by atoms with Crippen molar-refractivity contribution in [1.29, 1.82) is 0 Å². The Balaban J connectivity index is 0. The van der Waals surface area contributed by atoms with Crippen molar-refractivity contribution in [3.05, 3.63) is 0 Å². The van der Waals surface area contributed by atoms with Crippen LogP contribution < -0.4 is 0 Å². The molecule has 0 aromatic heterocycles. The zero-order valence-corrected chi connectivity index (χ0v) is 9.71. The molecule has 0 aliphatic carbocycles. The molecule has 0 N–H and O–H groups in total. The Morgan fingerprint density at radius 1 is 0.800 bits per heavy atom. The van der Waals surface area contributed by atoms with Crippen molar-refractivity contribution in [3.8, 4) is 0 Å². The summed E-state index contributed by atoms with van der Waals surface area (Å²) in [6, 6.07) is 0. The molecular weight excluding hydrogens is 158 g/mol. The van der Waals surface area contributed by atoms with E-state index in [2.05, 4.69) is 32.3 Å². The van der Waals surface area contributed by atoms with Gasteiger partial charge in [-0.15, -0.1) is 18.5 Å². The van der Waals surface area contributed by atoms with Crippen molar-refractivity contribution in [3.63, 3.8) is 0 Å². The molecule has 2 heteroatoms. The van der Waals surface area contributed by atoms with Gasteiger partial charge in [0.1, 0.15) is 0 Å². The second-order valence-electron chi connectivity index (χ2n) is 2.28. The topological polar surface area (TPSA) is 0 Å². The lowest BCUT2D eigenvalue weighted by molar-refractivity contribution is 0.897. The van der Waals surface area contributed by atoms with E-state index >= 15 is 0 Å². The van der Waals surface area contributed by atoms with Crippen LogP contribution in [-0.2, 0) is 0 Å². The van der Waals surface area contributed by atoms with Crippen molar-refractivity contribution in [1.82, 2.24) is 0 Å². The summed E-state index contributed by atoms with van der Waals surface area (Å²) in [5, 5.41) is 0. The Morgan fingerprint density at radius 3 is 1.10 bits per heavy atom. The first kappa shape index (κ1) is 13.4. The Morgan fingerprint density at radius 2 is 1.10 bits per heavy atom. The van der Waals surface area contributed by atoms with Crippen molar-refractivity contribution < 1.29 is 0 Å². The molecule has 0 fully saturated rings. The number of unbranched alkanes of at least 4 members (excludes halogenated alkanes) is 2. The Kier molecular flexibility index (Phi) is 22.1. The molecule has 0 radical (unpaired) electrons. The molecule has 0 rings (SSSR count). The van der Waals surface area contributed by atoms with Gasteiger partial charge in [-0.05, 0) is 12.3 Å². The molecule has 0 amide bonds. The van der Waals surface area contributed by atoms with Crippen LogP contribution in [0.3, 0.4) is 0 Å². The normalized spacial score (nSPS) is 8.40. The molecule has 64 valence electrons. The number of rotatable bonds is 4. The van der Waals surface area contributed by atoms with Crippen LogP contribution in [0, 0.1) is 0 Å². The highest BCUT2D eigenvalue weighted by molar-refractivity contribution is 7.16. The van der Waals surface area contributed by atoms with E-state index in [0.29, 0.717) is 0 Å². The molecular formula is C8H22P2. The predicted molar refractivity (Wildman–Crippen MR) is 59.0 cm³/mol. The minimum Gasteiger partial charge on any atom is -0.138 e.